The third-order valence-electron chi connectivity index (χ3n) is 3.43. The summed E-state index contributed by atoms with van der Waals surface area (Å²) in [5, 5.41) is 9.04. The van der Waals surface area contributed by atoms with Crippen LogP contribution in [0, 0.1) is 0 Å². The highest BCUT2D eigenvalue weighted by atomic mass is 16.4. The molecule has 2 aromatic rings. The Bertz CT molecular complexity index is 540. The van der Waals surface area contributed by atoms with Crippen LogP contribution in [0.1, 0.15) is 18.4 Å². The Labute approximate surface area is 125 Å². The molecule has 0 amide bonds. The van der Waals surface area contributed by atoms with E-state index in [1.165, 1.54) is 5.56 Å². The van der Waals surface area contributed by atoms with E-state index in [0.717, 1.165) is 31.5 Å². The predicted molar refractivity (Wildman–Crippen MR) is 85.7 cm³/mol. The second kappa shape index (κ2) is 8.10. The zero-order valence-electron chi connectivity index (χ0n) is 12.1. The number of para-hydroxylation sites is 1. The van der Waals surface area contributed by atoms with Gasteiger partial charge in [-0.05, 0) is 37.0 Å². The minimum absolute atomic E-state index is 0.0509. The number of carboxylic acids is 1. The zero-order chi connectivity index (χ0) is 14.9. The predicted octanol–water partition coefficient (Wildman–Crippen LogP) is 3.60. The maximum absolute atomic E-state index is 11.0. The summed E-state index contributed by atoms with van der Waals surface area (Å²) >= 11 is 0. The van der Waals surface area contributed by atoms with Gasteiger partial charge in [-0.15, -0.1) is 0 Å². The molecule has 2 rings (SSSR count). The maximum atomic E-state index is 11.0. The first-order chi connectivity index (χ1) is 10.3. The van der Waals surface area contributed by atoms with Gasteiger partial charge in [0.15, 0.2) is 0 Å². The van der Waals surface area contributed by atoms with Gasteiger partial charge in [0.1, 0.15) is 6.54 Å². The smallest absolute Gasteiger partial charge is 0.323 e. The third-order valence-corrected chi connectivity index (χ3v) is 3.43. The molecule has 0 aliphatic carbocycles. The van der Waals surface area contributed by atoms with E-state index >= 15 is 0 Å². The maximum Gasteiger partial charge on any atom is 0.323 e. The number of carboxylic acid groups (broad SMARTS) is 1. The van der Waals surface area contributed by atoms with Crippen LogP contribution < -0.4 is 4.90 Å². The van der Waals surface area contributed by atoms with Crippen molar-refractivity contribution in [2.24, 2.45) is 0 Å². The summed E-state index contributed by atoms with van der Waals surface area (Å²) in [5.74, 6) is -0.790. The molecular formula is C18H21NO2. The fourth-order valence-corrected chi connectivity index (χ4v) is 2.38. The minimum Gasteiger partial charge on any atom is -0.480 e. The Morgan fingerprint density at radius 2 is 1.52 bits per heavy atom. The fraction of sp³-hybridized carbons (Fsp3) is 0.278. The molecule has 0 saturated carbocycles. The van der Waals surface area contributed by atoms with Crippen molar-refractivity contribution in [3.05, 3.63) is 66.2 Å². The third kappa shape index (κ3) is 5.30. The van der Waals surface area contributed by atoms with Gasteiger partial charge in [0.25, 0.3) is 0 Å². The van der Waals surface area contributed by atoms with Crippen LogP contribution in [0.2, 0.25) is 0 Å². The van der Waals surface area contributed by atoms with Gasteiger partial charge >= 0.3 is 5.97 Å². The highest BCUT2D eigenvalue weighted by Gasteiger charge is 2.09. The van der Waals surface area contributed by atoms with E-state index in [2.05, 4.69) is 24.3 Å². The van der Waals surface area contributed by atoms with E-state index in [4.69, 9.17) is 5.11 Å². The monoisotopic (exact) mass is 283 g/mol. The number of benzene rings is 2. The van der Waals surface area contributed by atoms with Crippen molar-refractivity contribution in [1.82, 2.24) is 0 Å². The molecule has 0 unspecified atom stereocenters. The Hall–Kier alpha value is -2.29. The Morgan fingerprint density at radius 1 is 0.905 bits per heavy atom. The molecule has 21 heavy (non-hydrogen) atoms. The first kappa shape index (κ1) is 15.1. The SMILES string of the molecule is O=C(O)CN(CCCCc1ccccc1)c1ccccc1. The number of hydrogen-bond donors (Lipinski definition) is 1. The normalized spacial score (nSPS) is 10.3. The number of rotatable bonds is 8. The van der Waals surface area contributed by atoms with Crippen LogP contribution in [0.5, 0.6) is 0 Å². The van der Waals surface area contributed by atoms with Gasteiger partial charge in [0.05, 0.1) is 0 Å². The molecule has 110 valence electrons. The molecule has 1 N–H and O–H groups in total. The summed E-state index contributed by atoms with van der Waals surface area (Å²) in [6.45, 7) is 0.818. The van der Waals surface area contributed by atoms with Gasteiger partial charge in [-0.2, -0.15) is 0 Å². The van der Waals surface area contributed by atoms with E-state index in [0.29, 0.717) is 0 Å². The summed E-state index contributed by atoms with van der Waals surface area (Å²) in [4.78, 5) is 12.9. The zero-order valence-corrected chi connectivity index (χ0v) is 12.1. The highest BCUT2D eigenvalue weighted by molar-refractivity contribution is 5.73. The first-order valence-corrected chi connectivity index (χ1v) is 7.31. The van der Waals surface area contributed by atoms with Gasteiger partial charge in [-0.1, -0.05) is 48.5 Å². The standard InChI is InChI=1S/C18H21NO2/c20-18(21)15-19(17-12-5-2-6-13-17)14-8-7-11-16-9-3-1-4-10-16/h1-6,9-10,12-13H,7-8,11,14-15H2,(H,20,21). The van der Waals surface area contributed by atoms with Crippen LogP contribution in [-0.2, 0) is 11.2 Å². The Kier molecular flexibility index (Phi) is 5.83. The molecule has 2 aromatic carbocycles. The van der Waals surface area contributed by atoms with Gasteiger partial charge < -0.3 is 10.0 Å². The molecule has 0 aliphatic rings. The van der Waals surface area contributed by atoms with Crippen molar-refractivity contribution in [2.75, 3.05) is 18.0 Å². The number of anilines is 1. The van der Waals surface area contributed by atoms with Crippen LogP contribution in [0.15, 0.2) is 60.7 Å². The van der Waals surface area contributed by atoms with Crippen molar-refractivity contribution in [3.63, 3.8) is 0 Å². The number of nitrogens with zero attached hydrogens (tertiary/aromatic N) is 1. The second-order valence-corrected chi connectivity index (χ2v) is 5.09. The molecule has 0 atom stereocenters. The lowest BCUT2D eigenvalue weighted by Gasteiger charge is -2.22. The number of aryl methyl sites for hydroxylation is 1. The van der Waals surface area contributed by atoms with Crippen LogP contribution >= 0.6 is 0 Å². The van der Waals surface area contributed by atoms with Gasteiger partial charge in [0.2, 0.25) is 0 Å². The van der Waals surface area contributed by atoms with Crippen molar-refractivity contribution in [3.8, 4) is 0 Å². The molecule has 0 spiro atoms. The van der Waals surface area contributed by atoms with Crippen LogP contribution in [-0.4, -0.2) is 24.2 Å². The largest absolute Gasteiger partial charge is 0.480 e. The number of aliphatic carboxylic acids is 1. The van der Waals surface area contributed by atoms with Gasteiger partial charge in [-0.25, -0.2) is 0 Å². The van der Waals surface area contributed by atoms with E-state index in [1.807, 2.05) is 41.3 Å². The second-order valence-electron chi connectivity index (χ2n) is 5.09. The quantitative estimate of drug-likeness (QED) is 0.752. The molecule has 0 saturated heterocycles. The summed E-state index contributed by atoms with van der Waals surface area (Å²) in [7, 11) is 0. The molecule has 0 radical (unpaired) electrons. The fourth-order valence-electron chi connectivity index (χ4n) is 2.38. The molecule has 0 heterocycles. The molecule has 0 aliphatic heterocycles. The Balaban J connectivity index is 1.83. The van der Waals surface area contributed by atoms with E-state index < -0.39 is 5.97 Å². The molecule has 0 aromatic heterocycles. The van der Waals surface area contributed by atoms with Crippen LogP contribution in [0.25, 0.3) is 0 Å². The minimum atomic E-state index is -0.790. The summed E-state index contributed by atoms with van der Waals surface area (Å²) < 4.78 is 0. The number of carbonyl (C=O) groups is 1. The summed E-state index contributed by atoms with van der Waals surface area (Å²) in [6.07, 6.45) is 3.08. The lowest BCUT2D eigenvalue weighted by molar-refractivity contribution is -0.135. The summed E-state index contributed by atoms with van der Waals surface area (Å²) in [5.41, 5.74) is 2.31. The van der Waals surface area contributed by atoms with Crippen molar-refractivity contribution in [2.45, 2.75) is 19.3 Å². The van der Waals surface area contributed by atoms with E-state index in [-0.39, 0.29) is 6.54 Å². The lowest BCUT2D eigenvalue weighted by atomic mass is 10.1. The number of hydrogen-bond acceptors (Lipinski definition) is 2. The molecule has 3 nitrogen and oxygen atoms in total. The van der Waals surface area contributed by atoms with E-state index in [9.17, 15) is 4.79 Å². The van der Waals surface area contributed by atoms with Gasteiger partial charge in [0, 0.05) is 12.2 Å². The average molecular weight is 283 g/mol. The molecule has 3 heteroatoms. The topological polar surface area (TPSA) is 40.5 Å². The highest BCUT2D eigenvalue weighted by Crippen LogP contribution is 2.14. The molecule has 0 bridgehead atoms. The van der Waals surface area contributed by atoms with E-state index in [1.54, 1.807) is 0 Å². The first-order valence-electron chi connectivity index (χ1n) is 7.31. The van der Waals surface area contributed by atoms with Crippen LogP contribution in [0.3, 0.4) is 0 Å². The van der Waals surface area contributed by atoms with Gasteiger partial charge in [-0.3, -0.25) is 4.79 Å². The van der Waals surface area contributed by atoms with Crippen molar-refractivity contribution < 1.29 is 9.90 Å². The summed E-state index contributed by atoms with van der Waals surface area (Å²) in [6, 6.07) is 20.1. The molecular weight excluding hydrogens is 262 g/mol. The lowest BCUT2D eigenvalue weighted by Crippen LogP contribution is -2.30. The average Bonchev–Trinajstić information content (AvgIpc) is 2.52. The number of unbranched alkanes of at least 4 members (excludes halogenated alkanes) is 1. The Morgan fingerprint density at radius 3 is 2.14 bits per heavy atom. The van der Waals surface area contributed by atoms with Crippen molar-refractivity contribution in [1.29, 1.82) is 0 Å². The van der Waals surface area contributed by atoms with Crippen LogP contribution in [0.4, 0.5) is 5.69 Å². The molecule has 0 fully saturated rings. The van der Waals surface area contributed by atoms with Crippen molar-refractivity contribution >= 4 is 11.7 Å².